The second-order valence-corrected chi connectivity index (χ2v) is 6.14. The first-order valence-electron chi connectivity index (χ1n) is 8.16. The highest BCUT2D eigenvalue weighted by Gasteiger charge is 2.31. The first-order chi connectivity index (χ1) is 10.9. The molecule has 114 valence electrons. The summed E-state index contributed by atoms with van der Waals surface area (Å²) in [5.41, 5.74) is 4.75. The molecule has 1 atom stereocenters. The number of hydrogen-bond donors (Lipinski definition) is 2. The minimum absolute atomic E-state index is 0.311. The lowest BCUT2D eigenvalue weighted by Crippen LogP contribution is -2.40. The number of nitrogens with zero attached hydrogens (tertiary/aromatic N) is 2. The summed E-state index contributed by atoms with van der Waals surface area (Å²) in [5.74, 6) is 0.630. The van der Waals surface area contributed by atoms with Gasteiger partial charge in [0, 0.05) is 6.21 Å². The van der Waals surface area contributed by atoms with E-state index in [-0.39, 0.29) is 0 Å². The third-order valence-electron chi connectivity index (χ3n) is 4.76. The highest BCUT2D eigenvalue weighted by molar-refractivity contribution is 5.83. The van der Waals surface area contributed by atoms with Crippen LogP contribution >= 0.6 is 0 Å². The van der Waals surface area contributed by atoms with Crippen LogP contribution in [-0.4, -0.2) is 31.0 Å². The van der Waals surface area contributed by atoms with E-state index < -0.39 is 0 Å². The van der Waals surface area contributed by atoms with Gasteiger partial charge in [-0.25, -0.2) is 10.5 Å². The predicted molar refractivity (Wildman–Crippen MR) is 90.6 cm³/mol. The van der Waals surface area contributed by atoms with Gasteiger partial charge in [0.1, 0.15) is 0 Å². The molecule has 4 heteroatoms. The van der Waals surface area contributed by atoms with Gasteiger partial charge in [0.15, 0.2) is 0 Å². The maximum atomic E-state index is 4.54. The molecule has 1 saturated heterocycles. The molecule has 2 aromatic rings. The van der Waals surface area contributed by atoms with Gasteiger partial charge in [0.05, 0.1) is 12.6 Å². The van der Waals surface area contributed by atoms with Crippen LogP contribution in [0.25, 0.3) is 10.8 Å². The molecule has 0 radical (unpaired) electrons. The Kier molecular flexibility index (Phi) is 3.79. The molecule has 1 fully saturated rings. The third-order valence-corrected chi connectivity index (χ3v) is 4.76. The van der Waals surface area contributed by atoms with Gasteiger partial charge in [0.25, 0.3) is 0 Å². The van der Waals surface area contributed by atoms with Crippen molar-refractivity contribution >= 4 is 17.0 Å². The smallest absolute Gasteiger partial charge is 0.0921 e. The summed E-state index contributed by atoms with van der Waals surface area (Å²) in [6.45, 7) is 3.04. The van der Waals surface area contributed by atoms with Gasteiger partial charge >= 0.3 is 0 Å². The number of hydrogen-bond acceptors (Lipinski definition) is 4. The molecule has 22 heavy (non-hydrogen) atoms. The van der Waals surface area contributed by atoms with E-state index in [1.54, 1.807) is 0 Å². The fourth-order valence-corrected chi connectivity index (χ4v) is 3.64. The second-order valence-electron chi connectivity index (χ2n) is 6.14. The molecule has 0 bridgehead atoms. The lowest BCUT2D eigenvalue weighted by Gasteiger charge is -2.36. The van der Waals surface area contributed by atoms with E-state index in [2.05, 4.69) is 63.4 Å². The Hall–Kier alpha value is -1.91. The monoisotopic (exact) mass is 294 g/mol. The number of piperidine rings is 1. The van der Waals surface area contributed by atoms with Crippen molar-refractivity contribution in [3.05, 3.63) is 48.0 Å². The lowest BCUT2D eigenvalue weighted by molar-refractivity contribution is 0.0898. The van der Waals surface area contributed by atoms with E-state index in [1.807, 2.05) is 6.21 Å². The minimum Gasteiger partial charge on any atom is -0.317 e. The van der Waals surface area contributed by atoms with Gasteiger partial charge in [-0.2, -0.15) is 5.10 Å². The fourth-order valence-electron chi connectivity index (χ4n) is 3.64. The molecule has 4 nitrogen and oxygen atoms in total. The Balaban J connectivity index is 1.72. The van der Waals surface area contributed by atoms with Gasteiger partial charge in [0.2, 0.25) is 0 Å². The molecule has 0 spiro atoms. The third kappa shape index (κ3) is 2.60. The molecule has 2 aliphatic rings. The molecule has 2 N–H and O–H groups in total. The van der Waals surface area contributed by atoms with Gasteiger partial charge in [-0.15, -0.1) is 0 Å². The summed E-state index contributed by atoms with van der Waals surface area (Å²) in [7, 11) is 0. The van der Waals surface area contributed by atoms with Crippen molar-refractivity contribution in [3.8, 4) is 0 Å². The largest absolute Gasteiger partial charge is 0.317 e. The van der Waals surface area contributed by atoms with Gasteiger partial charge in [-0.3, -0.25) is 0 Å². The molecule has 2 heterocycles. The molecule has 0 aliphatic carbocycles. The molecule has 0 saturated carbocycles. The van der Waals surface area contributed by atoms with Crippen LogP contribution in [0.3, 0.4) is 0 Å². The Morgan fingerprint density at radius 3 is 2.64 bits per heavy atom. The summed E-state index contributed by atoms with van der Waals surface area (Å²) in [6.07, 6.45) is 4.35. The van der Waals surface area contributed by atoms with E-state index in [0.717, 1.165) is 19.6 Å². The van der Waals surface area contributed by atoms with Crippen LogP contribution in [0, 0.1) is 5.92 Å². The van der Waals surface area contributed by atoms with Crippen LogP contribution in [-0.2, 0) is 0 Å². The van der Waals surface area contributed by atoms with Crippen LogP contribution in [0.5, 0.6) is 0 Å². The topological polar surface area (TPSA) is 39.7 Å². The number of fused-ring (bicyclic) bond motifs is 1. The van der Waals surface area contributed by atoms with E-state index in [4.69, 9.17) is 0 Å². The zero-order chi connectivity index (χ0) is 14.8. The van der Waals surface area contributed by atoms with Crippen LogP contribution in [0.15, 0.2) is 47.6 Å². The van der Waals surface area contributed by atoms with Crippen LogP contribution in [0.4, 0.5) is 0 Å². The summed E-state index contributed by atoms with van der Waals surface area (Å²) in [6, 6.07) is 15.7. The van der Waals surface area contributed by atoms with Gasteiger partial charge < -0.3 is 5.32 Å². The quantitative estimate of drug-likeness (QED) is 0.914. The Morgan fingerprint density at radius 2 is 1.86 bits per heavy atom. The van der Waals surface area contributed by atoms with Gasteiger partial charge in [-0.1, -0.05) is 36.4 Å². The standard InChI is InChI=1S/C18H22N4/c1-2-4-16-13-17(6-5-14(16)3-1)18(22-20-11-12-21-22)15-7-9-19-10-8-15/h1-6,11,13,15,18-19,21H,7-10,12H2/t18-/m0/s1. The highest BCUT2D eigenvalue weighted by atomic mass is 15.7. The summed E-state index contributed by atoms with van der Waals surface area (Å²) >= 11 is 0. The zero-order valence-electron chi connectivity index (χ0n) is 12.7. The van der Waals surface area contributed by atoms with Crippen LogP contribution in [0.2, 0.25) is 0 Å². The van der Waals surface area contributed by atoms with Gasteiger partial charge in [-0.05, 0) is 54.3 Å². The average Bonchev–Trinajstić information content (AvgIpc) is 3.10. The highest BCUT2D eigenvalue weighted by Crippen LogP contribution is 2.35. The second kappa shape index (κ2) is 6.07. The van der Waals surface area contributed by atoms with E-state index in [1.165, 1.54) is 29.2 Å². The molecule has 2 aliphatic heterocycles. The number of hydrazine groups is 1. The molecular weight excluding hydrogens is 272 g/mol. The Labute approximate surface area is 131 Å². The first kappa shape index (κ1) is 13.7. The number of hydrazone groups is 1. The molecule has 0 unspecified atom stereocenters. The fraction of sp³-hybridized carbons (Fsp3) is 0.389. The number of rotatable bonds is 3. The summed E-state index contributed by atoms with van der Waals surface area (Å²) in [4.78, 5) is 0. The van der Waals surface area contributed by atoms with Crippen LogP contribution < -0.4 is 10.7 Å². The van der Waals surface area contributed by atoms with Crippen LogP contribution in [0.1, 0.15) is 24.4 Å². The molecule has 2 aromatic carbocycles. The minimum atomic E-state index is 0.311. The zero-order valence-corrected chi connectivity index (χ0v) is 12.7. The van der Waals surface area contributed by atoms with E-state index in [0.29, 0.717) is 12.0 Å². The molecule has 0 amide bonds. The Morgan fingerprint density at radius 1 is 1.05 bits per heavy atom. The molecule has 0 aromatic heterocycles. The van der Waals surface area contributed by atoms with Crippen molar-refractivity contribution in [3.63, 3.8) is 0 Å². The summed E-state index contributed by atoms with van der Waals surface area (Å²) in [5, 5.41) is 12.7. The van der Waals surface area contributed by atoms with Crippen molar-refractivity contribution in [1.29, 1.82) is 0 Å². The predicted octanol–water partition coefficient (Wildman–Crippen LogP) is 2.69. The first-order valence-corrected chi connectivity index (χ1v) is 8.16. The molecule has 4 rings (SSSR count). The molecular formula is C18H22N4. The SMILES string of the molecule is C1=NN([C@H](c2ccc3ccccc3c2)C2CCNCC2)NC1. The average molecular weight is 294 g/mol. The lowest BCUT2D eigenvalue weighted by atomic mass is 9.85. The normalized spacial score (nSPS) is 20.6. The van der Waals surface area contributed by atoms with Crippen molar-refractivity contribution in [2.24, 2.45) is 11.0 Å². The Bertz CT molecular complexity index is 676. The van der Waals surface area contributed by atoms with Crippen molar-refractivity contribution in [2.45, 2.75) is 18.9 Å². The maximum Gasteiger partial charge on any atom is 0.0921 e. The van der Waals surface area contributed by atoms with Crippen molar-refractivity contribution in [2.75, 3.05) is 19.6 Å². The van der Waals surface area contributed by atoms with E-state index in [9.17, 15) is 0 Å². The summed E-state index contributed by atoms with van der Waals surface area (Å²) < 4.78 is 0. The number of benzene rings is 2. The number of nitrogens with one attached hydrogen (secondary N) is 2. The van der Waals surface area contributed by atoms with Crippen molar-refractivity contribution in [1.82, 2.24) is 15.9 Å². The maximum absolute atomic E-state index is 4.54. The van der Waals surface area contributed by atoms with E-state index >= 15 is 0 Å². The van der Waals surface area contributed by atoms with Crippen molar-refractivity contribution < 1.29 is 0 Å².